The van der Waals surface area contributed by atoms with E-state index in [9.17, 15) is 4.79 Å². The van der Waals surface area contributed by atoms with Crippen molar-refractivity contribution in [2.75, 3.05) is 12.3 Å². The van der Waals surface area contributed by atoms with Crippen molar-refractivity contribution in [1.82, 2.24) is 20.1 Å². The number of nitrogens with one attached hydrogen (secondary N) is 1. The summed E-state index contributed by atoms with van der Waals surface area (Å²) in [6, 6.07) is 7.54. The molecule has 0 saturated heterocycles. The first-order valence-corrected chi connectivity index (χ1v) is 9.10. The molecule has 23 heavy (non-hydrogen) atoms. The second-order valence-electron chi connectivity index (χ2n) is 5.10. The third-order valence-electron chi connectivity index (χ3n) is 3.17. The minimum absolute atomic E-state index is 0.0240. The van der Waals surface area contributed by atoms with Gasteiger partial charge in [0.05, 0.1) is 5.75 Å². The molecule has 2 rings (SSSR count). The summed E-state index contributed by atoms with van der Waals surface area (Å²) in [5.41, 5.74) is 0.970. The minimum atomic E-state index is 0.0240. The van der Waals surface area contributed by atoms with Crippen molar-refractivity contribution in [3.8, 4) is 11.4 Å². The van der Waals surface area contributed by atoms with E-state index in [1.165, 1.54) is 11.8 Å². The first kappa shape index (κ1) is 17.8. The van der Waals surface area contributed by atoms with Crippen LogP contribution in [0.15, 0.2) is 29.4 Å². The fourth-order valence-corrected chi connectivity index (χ4v) is 3.00. The standard InChI is InChI=1S/C16H21ClN4OS/c1-3-9-18-14(22)11-23-16-20-19-15(21(16)10-4-2)12-5-7-13(17)8-6-12/h5-8H,3-4,9-11H2,1-2H3,(H,18,22). The lowest BCUT2D eigenvalue weighted by Crippen LogP contribution is -2.25. The Hall–Kier alpha value is -1.53. The lowest BCUT2D eigenvalue weighted by Gasteiger charge is -2.09. The van der Waals surface area contributed by atoms with E-state index in [4.69, 9.17) is 11.6 Å². The number of amides is 1. The maximum atomic E-state index is 11.8. The van der Waals surface area contributed by atoms with Crippen molar-refractivity contribution in [2.24, 2.45) is 0 Å². The van der Waals surface area contributed by atoms with Gasteiger partial charge in [0.1, 0.15) is 0 Å². The number of rotatable bonds is 8. The van der Waals surface area contributed by atoms with Crippen LogP contribution in [0.5, 0.6) is 0 Å². The molecule has 124 valence electrons. The molecule has 0 aliphatic heterocycles. The molecule has 0 radical (unpaired) electrons. The molecule has 0 bridgehead atoms. The highest BCUT2D eigenvalue weighted by Gasteiger charge is 2.15. The Morgan fingerprint density at radius 3 is 2.61 bits per heavy atom. The Bertz CT molecular complexity index is 642. The highest BCUT2D eigenvalue weighted by molar-refractivity contribution is 7.99. The number of halogens is 1. The van der Waals surface area contributed by atoms with Gasteiger partial charge in [-0.05, 0) is 37.1 Å². The summed E-state index contributed by atoms with van der Waals surface area (Å²) < 4.78 is 2.06. The molecule has 5 nitrogen and oxygen atoms in total. The molecule has 0 aliphatic rings. The van der Waals surface area contributed by atoms with Crippen molar-refractivity contribution in [3.63, 3.8) is 0 Å². The SMILES string of the molecule is CCCNC(=O)CSc1nnc(-c2ccc(Cl)cc2)n1CCC. The summed E-state index contributed by atoms with van der Waals surface area (Å²) in [7, 11) is 0. The zero-order chi connectivity index (χ0) is 16.7. The van der Waals surface area contributed by atoms with Gasteiger partial charge in [-0.15, -0.1) is 10.2 Å². The summed E-state index contributed by atoms with van der Waals surface area (Å²) >= 11 is 7.36. The minimum Gasteiger partial charge on any atom is -0.355 e. The van der Waals surface area contributed by atoms with Gasteiger partial charge in [-0.2, -0.15) is 0 Å². The molecule has 0 spiro atoms. The second kappa shape index (κ2) is 8.93. The highest BCUT2D eigenvalue weighted by atomic mass is 35.5. The van der Waals surface area contributed by atoms with Gasteiger partial charge in [0.25, 0.3) is 0 Å². The molecule has 1 heterocycles. The smallest absolute Gasteiger partial charge is 0.230 e. The summed E-state index contributed by atoms with van der Waals surface area (Å²) in [6.07, 6.45) is 1.90. The zero-order valence-corrected chi connectivity index (χ0v) is 15.0. The van der Waals surface area contributed by atoms with Crippen LogP contribution in [-0.4, -0.2) is 33.0 Å². The molecule has 0 fully saturated rings. The van der Waals surface area contributed by atoms with E-state index in [1.807, 2.05) is 31.2 Å². The van der Waals surface area contributed by atoms with Crippen LogP contribution in [0.1, 0.15) is 26.7 Å². The van der Waals surface area contributed by atoms with Crippen LogP contribution in [-0.2, 0) is 11.3 Å². The van der Waals surface area contributed by atoms with Crippen LogP contribution >= 0.6 is 23.4 Å². The molecule has 0 unspecified atom stereocenters. The van der Waals surface area contributed by atoms with Crippen LogP contribution in [0.4, 0.5) is 0 Å². The fourth-order valence-electron chi connectivity index (χ4n) is 2.08. The molecule has 1 amide bonds. The van der Waals surface area contributed by atoms with E-state index in [0.717, 1.165) is 35.9 Å². The number of nitrogens with zero attached hydrogens (tertiary/aromatic N) is 3. The molecule has 0 saturated carbocycles. The first-order valence-electron chi connectivity index (χ1n) is 7.74. The van der Waals surface area contributed by atoms with E-state index < -0.39 is 0 Å². The Kier molecular flexibility index (Phi) is 6.92. The van der Waals surface area contributed by atoms with Gasteiger partial charge >= 0.3 is 0 Å². The number of hydrogen-bond donors (Lipinski definition) is 1. The molecule has 1 N–H and O–H groups in total. The largest absolute Gasteiger partial charge is 0.355 e. The van der Waals surface area contributed by atoms with Crippen molar-refractivity contribution in [3.05, 3.63) is 29.3 Å². The normalized spacial score (nSPS) is 10.7. The van der Waals surface area contributed by atoms with Crippen LogP contribution < -0.4 is 5.32 Å². The van der Waals surface area contributed by atoms with Crippen molar-refractivity contribution in [1.29, 1.82) is 0 Å². The third kappa shape index (κ3) is 4.97. The summed E-state index contributed by atoms with van der Waals surface area (Å²) in [5.74, 6) is 1.18. The van der Waals surface area contributed by atoms with Crippen LogP contribution in [0.2, 0.25) is 5.02 Å². The molecule has 0 atom stereocenters. The lowest BCUT2D eigenvalue weighted by atomic mass is 10.2. The second-order valence-corrected chi connectivity index (χ2v) is 6.48. The highest BCUT2D eigenvalue weighted by Crippen LogP contribution is 2.25. The number of carbonyl (C=O) groups is 1. The summed E-state index contributed by atoms with van der Waals surface area (Å²) in [4.78, 5) is 11.8. The molecular formula is C16H21ClN4OS. The van der Waals surface area contributed by atoms with Crippen LogP contribution in [0, 0.1) is 0 Å². The van der Waals surface area contributed by atoms with Crippen LogP contribution in [0.25, 0.3) is 11.4 Å². The maximum absolute atomic E-state index is 11.8. The van der Waals surface area contributed by atoms with E-state index >= 15 is 0 Å². The number of carbonyl (C=O) groups excluding carboxylic acids is 1. The average Bonchev–Trinajstić information content (AvgIpc) is 2.95. The van der Waals surface area contributed by atoms with E-state index in [1.54, 1.807) is 0 Å². The monoisotopic (exact) mass is 352 g/mol. The Balaban J connectivity index is 2.14. The summed E-state index contributed by atoms with van der Waals surface area (Å²) in [5, 5.41) is 12.9. The Morgan fingerprint density at radius 2 is 1.96 bits per heavy atom. The lowest BCUT2D eigenvalue weighted by molar-refractivity contribution is -0.118. The van der Waals surface area contributed by atoms with Crippen molar-refractivity contribution < 1.29 is 4.79 Å². The number of thioether (sulfide) groups is 1. The van der Waals surface area contributed by atoms with Gasteiger partial charge in [0, 0.05) is 23.7 Å². The van der Waals surface area contributed by atoms with Gasteiger partial charge in [0.15, 0.2) is 11.0 Å². The predicted octanol–water partition coefficient (Wildman–Crippen LogP) is 3.63. The van der Waals surface area contributed by atoms with Gasteiger partial charge in [-0.25, -0.2) is 0 Å². The fraction of sp³-hybridized carbons (Fsp3) is 0.438. The van der Waals surface area contributed by atoms with Gasteiger partial charge in [-0.3, -0.25) is 4.79 Å². The van der Waals surface area contributed by atoms with E-state index in [-0.39, 0.29) is 5.91 Å². The number of benzene rings is 1. The molecule has 7 heteroatoms. The zero-order valence-electron chi connectivity index (χ0n) is 13.4. The van der Waals surface area contributed by atoms with Crippen molar-refractivity contribution >= 4 is 29.3 Å². The first-order chi connectivity index (χ1) is 11.2. The van der Waals surface area contributed by atoms with Crippen LogP contribution in [0.3, 0.4) is 0 Å². The number of aromatic nitrogens is 3. The Labute approximate surface area is 145 Å². The average molecular weight is 353 g/mol. The molecule has 0 aliphatic carbocycles. The van der Waals surface area contributed by atoms with E-state index in [2.05, 4.69) is 27.0 Å². The van der Waals surface area contributed by atoms with E-state index in [0.29, 0.717) is 17.3 Å². The Morgan fingerprint density at radius 1 is 1.22 bits per heavy atom. The predicted molar refractivity (Wildman–Crippen MR) is 94.8 cm³/mol. The topological polar surface area (TPSA) is 59.8 Å². The molecule has 1 aromatic heterocycles. The van der Waals surface area contributed by atoms with Gasteiger partial charge in [0.2, 0.25) is 5.91 Å². The molecular weight excluding hydrogens is 332 g/mol. The summed E-state index contributed by atoms with van der Waals surface area (Å²) in [6.45, 7) is 5.65. The molecule has 2 aromatic rings. The number of hydrogen-bond acceptors (Lipinski definition) is 4. The maximum Gasteiger partial charge on any atom is 0.230 e. The quantitative estimate of drug-likeness (QED) is 0.737. The van der Waals surface area contributed by atoms with Crippen molar-refractivity contribution in [2.45, 2.75) is 38.4 Å². The molecule has 1 aromatic carbocycles. The van der Waals surface area contributed by atoms with Gasteiger partial charge in [-0.1, -0.05) is 37.2 Å². The van der Waals surface area contributed by atoms with Gasteiger partial charge < -0.3 is 9.88 Å². The third-order valence-corrected chi connectivity index (χ3v) is 4.39.